The van der Waals surface area contributed by atoms with Gasteiger partial charge in [0.15, 0.2) is 0 Å². The maximum absolute atomic E-state index is 15.8. The van der Waals surface area contributed by atoms with Gasteiger partial charge in [-0.05, 0) is 36.6 Å². The maximum Gasteiger partial charge on any atom is 0.244 e. The molecular formula is C24H28F2N8O2. The number of rotatable bonds is 7. The summed E-state index contributed by atoms with van der Waals surface area (Å²) in [6.45, 7) is 3.30. The number of hydrogen-bond acceptors (Lipinski definition) is 7. The van der Waals surface area contributed by atoms with Crippen molar-refractivity contribution in [2.45, 2.75) is 44.9 Å². The highest BCUT2D eigenvalue weighted by Crippen LogP contribution is 2.34. The molecule has 0 aliphatic carbocycles. The number of benzene rings is 1. The first-order valence-electron chi connectivity index (χ1n) is 11.9. The molecule has 1 amide bonds. The summed E-state index contributed by atoms with van der Waals surface area (Å²) in [5, 5.41) is 15.8. The molecule has 4 heterocycles. The lowest BCUT2D eigenvalue weighted by molar-refractivity contribution is -0.133. The predicted octanol–water partition coefficient (Wildman–Crippen LogP) is 3.27. The van der Waals surface area contributed by atoms with Crippen LogP contribution < -0.4 is 10.1 Å². The van der Waals surface area contributed by atoms with Crippen LogP contribution in [0.2, 0.25) is 0 Å². The first-order chi connectivity index (χ1) is 17.4. The lowest BCUT2D eigenvalue weighted by Gasteiger charge is -2.42. The molecule has 1 unspecified atom stereocenters. The van der Waals surface area contributed by atoms with E-state index in [4.69, 9.17) is 4.74 Å². The van der Waals surface area contributed by atoms with Gasteiger partial charge in [-0.15, -0.1) is 10.2 Å². The zero-order valence-electron chi connectivity index (χ0n) is 20.4. The van der Waals surface area contributed by atoms with Crippen LogP contribution in [0.15, 0.2) is 30.5 Å². The average molecular weight is 499 g/mol. The molecule has 190 valence electrons. The van der Waals surface area contributed by atoms with E-state index in [1.54, 1.807) is 17.6 Å². The highest BCUT2D eigenvalue weighted by Gasteiger charge is 2.44. The van der Waals surface area contributed by atoms with Crippen LogP contribution in [0.5, 0.6) is 5.88 Å². The maximum atomic E-state index is 15.8. The lowest BCUT2D eigenvalue weighted by Crippen LogP contribution is -2.57. The van der Waals surface area contributed by atoms with Gasteiger partial charge in [0.1, 0.15) is 23.4 Å². The Morgan fingerprint density at radius 3 is 2.89 bits per heavy atom. The number of hydrogen-bond donors (Lipinski definition) is 1. The molecule has 0 saturated carbocycles. The van der Waals surface area contributed by atoms with E-state index in [0.717, 1.165) is 16.6 Å². The first-order valence-corrected chi connectivity index (χ1v) is 11.9. The Balaban J connectivity index is 1.49. The van der Waals surface area contributed by atoms with Crippen molar-refractivity contribution >= 4 is 28.4 Å². The smallest absolute Gasteiger partial charge is 0.244 e. The van der Waals surface area contributed by atoms with Crippen molar-refractivity contribution in [1.82, 2.24) is 34.5 Å². The first kappa shape index (κ1) is 23.9. The van der Waals surface area contributed by atoms with Gasteiger partial charge < -0.3 is 15.0 Å². The minimum absolute atomic E-state index is 0.0277. The molecule has 1 aromatic carbocycles. The molecule has 12 heteroatoms. The Kier molecular flexibility index (Phi) is 6.19. The van der Waals surface area contributed by atoms with Crippen LogP contribution in [0.25, 0.3) is 27.7 Å². The second kappa shape index (κ2) is 9.32. The summed E-state index contributed by atoms with van der Waals surface area (Å²) in [6.07, 6.45) is 2.46. The molecule has 1 saturated heterocycles. The van der Waals surface area contributed by atoms with E-state index in [1.807, 2.05) is 24.3 Å². The molecule has 0 radical (unpaired) electrons. The van der Waals surface area contributed by atoms with Crippen LogP contribution in [-0.2, 0) is 11.3 Å². The Hall–Kier alpha value is -3.83. The number of fused-ring (bicyclic) bond motifs is 2. The van der Waals surface area contributed by atoms with E-state index in [2.05, 4.69) is 25.7 Å². The standard InChI is InChI=1S/C24H28F2N8O2/c1-4-24(26)14-32(15(2)35)10-8-20(24)27-23-28-22(36-3)21-17(7-11-34(21)30-23)16-5-6-18-19(13-16)33(12-9-25)31-29-18/h5-7,11,13,20H,4,8-10,12,14H2,1-3H3,(H,27,30)/t20-,24?/m1/s1. The van der Waals surface area contributed by atoms with Gasteiger partial charge in [-0.1, -0.05) is 18.2 Å². The molecule has 36 heavy (non-hydrogen) atoms. The highest BCUT2D eigenvalue weighted by molar-refractivity contribution is 5.89. The Morgan fingerprint density at radius 1 is 1.33 bits per heavy atom. The van der Waals surface area contributed by atoms with Crippen LogP contribution in [0.1, 0.15) is 26.7 Å². The summed E-state index contributed by atoms with van der Waals surface area (Å²) < 4.78 is 37.5. The van der Waals surface area contributed by atoms with Gasteiger partial charge in [-0.25, -0.2) is 18.0 Å². The van der Waals surface area contributed by atoms with E-state index in [-0.39, 0.29) is 31.4 Å². The molecule has 0 spiro atoms. The Labute approximate surface area is 206 Å². The van der Waals surface area contributed by atoms with Crippen molar-refractivity contribution in [3.05, 3.63) is 30.5 Å². The van der Waals surface area contributed by atoms with Crippen molar-refractivity contribution in [3.63, 3.8) is 0 Å². The normalized spacial score (nSPS) is 20.2. The minimum atomic E-state index is -1.61. The number of methoxy groups -OCH3 is 1. The number of aromatic nitrogens is 6. The quantitative estimate of drug-likeness (QED) is 0.417. The monoisotopic (exact) mass is 498 g/mol. The van der Waals surface area contributed by atoms with E-state index < -0.39 is 18.4 Å². The van der Waals surface area contributed by atoms with E-state index >= 15 is 4.39 Å². The zero-order chi connectivity index (χ0) is 25.4. The van der Waals surface area contributed by atoms with E-state index in [0.29, 0.717) is 29.9 Å². The van der Waals surface area contributed by atoms with Crippen LogP contribution in [0.3, 0.4) is 0 Å². The summed E-state index contributed by atoms with van der Waals surface area (Å²) in [5.41, 5.74) is 2.09. The average Bonchev–Trinajstić information content (AvgIpc) is 3.49. The molecule has 1 aliphatic heterocycles. The van der Waals surface area contributed by atoms with Crippen molar-refractivity contribution in [2.75, 3.05) is 32.2 Å². The summed E-state index contributed by atoms with van der Waals surface area (Å²) in [5.74, 6) is 0.425. The number of aryl methyl sites for hydroxylation is 1. The van der Waals surface area contributed by atoms with Gasteiger partial charge in [-0.3, -0.25) is 4.79 Å². The number of alkyl halides is 2. The van der Waals surface area contributed by atoms with Crippen LogP contribution in [-0.4, -0.2) is 79.0 Å². The van der Waals surface area contributed by atoms with E-state index in [1.165, 1.54) is 23.6 Å². The van der Waals surface area contributed by atoms with Crippen LogP contribution >= 0.6 is 0 Å². The third kappa shape index (κ3) is 4.10. The fourth-order valence-electron chi connectivity index (χ4n) is 4.84. The fraction of sp³-hybridized carbons (Fsp3) is 0.458. The van der Waals surface area contributed by atoms with Crippen LogP contribution in [0, 0.1) is 0 Å². The number of carbonyl (C=O) groups is 1. The molecule has 1 aliphatic rings. The summed E-state index contributed by atoms with van der Waals surface area (Å²) >= 11 is 0. The number of piperidine rings is 1. The van der Waals surface area contributed by atoms with Gasteiger partial charge in [-0.2, -0.15) is 4.98 Å². The van der Waals surface area contributed by atoms with Gasteiger partial charge in [0.2, 0.25) is 17.7 Å². The summed E-state index contributed by atoms with van der Waals surface area (Å²) in [4.78, 5) is 17.9. The van der Waals surface area contributed by atoms with Crippen molar-refractivity contribution < 1.29 is 18.3 Å². The largest absolute Gasteiger partial charge is 0.479 e. The van der Waals surface area contributed by atoms with Crippen LogP contribution in [0.4, 0.5) is 14.7 Å². The van der Waals surface area contributed by atoms with Gasteiger partial charge in [0.25, 0.3) is 0 Å². The van der Waals surface area contributed by atoms with Gasteiger partial charge in [0.05, 0.1) is 31.8 Å². The highest BCUT2D eigenvalue weighted by atomic mass is 19.1. The van der Waals surface area contributed by atoms with Crippen molar-refractivity contribution in [2.24, 2.45) is 0 Å². The molecule has 2 atom stereocenters. The Morgan fingerprint density at radius 2 is 2.17 bits per heavy atom. The predicted molar refractivity (Wildman–Crippen MR) is 130 cm³/mol. The van der Waals surface area contributed by atoms with Crippen molar-refractivity contribution in [3.8, 4) is 17.0 Å². The van der Waals surface area contributed by atoms with E-state index in [9.17, 15) is 9.18 Å². The SMILES string of the molecule is CCC1(F)CN(C(C)=O)CC[C@H]1Nc1nc(OC)c2c(-c3ccc4nnn(CCF)c4c3)ccn2n1. The molecule has 10 nitrogen and oxygen atoms in total. The second-order valence-corrected chi connectivity index (χ2v) is 8.99. The zero-order valence-corrected chi connectivity index (χ0v) is 20.4. The minimum Gasteiger partial charge on any atom is -0.479 e. The molecule has 0 bridgehead atoms. The number of likely N-dealkylation sites (tertiary alicyclic amines) is 1. The number of halogens is 2. The molecule has 4 aromatic rings. The molecule has 3 aromatic heterocycles. The van der Waals surface area contributed by atoms with Gasteiger partial charge in [0, 0.05) is 25.2 Å². The molecule has 1 fully saturated rings. The fourth-order valence-corrected chi connectivity index (χ4v) is 4.84. The molecular weight excluding hydrogens is 470 g/mol. The van der Waals surface area contributed by atoms with Crippen molar-refractivity contribution in [1.29, 1.82) is 0 Å². The summed E-state index contributed by atoms with van der Waals surface area (Å²) in [7, 11) is 1.52. The number of carbonyl (C=O) groups excluding carboxylic acids is 1. The van der Waals surface area contributed by atoms with Gasteiger partial charge >= 0.3 is 0 Å². The number of ether oxygens (including phenoxy) is 1. The molecule has 5 rings (SSSR count). The third-order valence-corrected chi connectivity index (χ3v) is 6.90. The third-order valence-electron chi connectivity index (χ3n) is 6.90. The lowest BCUT2D eigenvalue weighted by atomic mass is 9.86. The number of nitrogens with zero attached hydrogens (tertiary/aromatic N) is 7. The second-order valence-electron chi connectivity index (χ2n) is 8.99. The topological polar surface area (TPSA) is 102 Å². The number of nitrogens with one attached hydrogen (secondary N) is 1. The number of anilines is 1. The number of amides is 1. The molecule has 1 N–H and O–H groups in total. The Bertz CT molecular complexity index is 1420. The summed E-state index contributed by atoms with van der Waals surface area (Å²) in [6, 6.07) is 6.96.